The molecule has 2 heterocycles. The summed E-state index contributed by atoms with van der Waals surface area (Å²) in [5.74, 6) is 6.80. The van der Waals surface area contributed by atoms with E-state index in [2.05, 4.69) is 15.2 Å². The Kier molecular flexibility index (Phi) is 5.30. The molecule has 1 aromatic carbocycles. The number of aromatic nitrogens is 4. The van der Waals surface area contributed by atoms with E-state index in [0.717, 1.165) is 11.1 Å². The molecule has 0 atom stereocenters. The van der Waals surface area contributed by atoms with Crippen LogP contribution >= 0.6 is 11.8 Å². The first-order valence-corrected chi connectivity index (χ1v) is 8.65. The topological polar surface area (TPSA) is 89.9 Å². The molecular formula is C17H18N6OS. The Morgan fingerprint density at radius 3 is 2.72 bits per heavy atom. The molecule has 7 nitrogen and oxygen atoms in total. The maximum Gasteiger partial charge on any atom is 0.233 e. The highest BCUT2D eigenvalue weighted by molar-refractivity contribution is 7.99. The van der Waals surface area contributed by atoms with E-state index in [1.54, 1.807) is 30.4 Å². The smallest absolute Gasteiger partial charge is 0.233 e. The Bertz CT molecular complexity index is 837. The van der Waals surface area contributed by atoms with Crippen molar-refractivity contribution >= 4 is 17.7 Å². The van der Waals surface area contributed by atoms with Crippen molar-refractivity contribution in [2.24, 2.45) is 0 Å². The van der Waals surface area contributed by atoms with E-state index < -0.39 is 0 Å². The largest absolute Gasteiger partial charge is 0.341 e. The summed E-state index contributed by atoms with van der Waals surface area (Å²) >= 11 is 1.26. The van der Waals surface area contributed by atoms with Crippen LogP contribution < -0.4 is 5.84 Å². The van der Waals surface area contributed by atoms with Crippen LogP contribution in [-0.4, -0.2) is 43.5 Å². The van der Waals surface area contributed by atoms with Crippen molar-refractivity contribution < 1.29 is 4.79 Å². The van der Waals surface area contributed by atoms with Gasteiger partial charge in [-0.1, -0.05) is 42.1 Å². The predicted octanol–water partition coefficient (Wildman–Crippen LogP) is 1.80. The molecule has 2 N–H and O–H groups in total. The molecular weight excluding hydrogens is 336 g/mol. The van der Waals surface area contributed by atoms with Crippen LogP contribution in [0.25, 0.3) is 11.4 Å². The zero-order valence-electron chi connectivity index (χ0n) is 13.7. The van der Waals surface area contributed by atoms with Gasteiger partial charge in [0.1, 0.15) is 0 Å². The summed E-state index contributed by atoms with van der Waals surface area (Å²) in [4.78, 5) is 18.0. The summed E-state index contributed by atoms with van der Waals surface area (Å²) in [6.45, 7) is 0.566. The summed E-state index contributed by atoms with van der Waals surface area (Å²) < 4.78 is 1.38. The van der Waals surface area contributed by atoms with Gasteiger partial charge in [-0.05, 0) is 17.7 Å². The van der Waals surface area contributed by atoms with E-state index in [-0.39, 0.29) is 11.7 Å². The standard InChI is InChI=1S/C17H18N6OS/c1-22(11-13-6-3-2-4-7-13)15(24)12-25-17-21-20-16(23(17)18)14-8-5-9-19-10-14/h2-10H,11-12,18H2,1H3. The number of hydrogen-bond acceptors (Lipinski definition) is 6. The zero-order chi connectivity index (χ0) is 17.6. The average Bonchev–Trinajstić information content (AvgIpc) is 3.02. The Hall–Kier alpha value is -2.87. The number of pyridine rings is 1. The number of hydrogen-bond donors (Lipinski definition) is 1. The first-order chi connectivity index (χ1) is 12.1. The van der Waals surface area contributed by atoms with Gasteiger partial charge in [0.15, 0.2) is 5.82 Å². The predicted molar refractivity (Wildman–Crippen MR) is 97.0 cm³/mol. The lowest BCUT2D eigenvalue weighted by Gasteiger charge is -2.16. The molecule has 0 spiro atoms. The molecule has 0 radical (unpaired) electrons. The third kappa shape index (κ3) is 4.16. The number of thioether (sulfide) groups is 1. The normalized spacial score (nSPS) is 10.6. The number of carbonyl (C=O) groups is 1. The van der Waals surface area contributed by atoms with E-state index in [9.17, 15) is 4.79 Å². The Morgan fingerprint density at radius 2 is 2.00 bits per heavy atom. The van der Waals surface area contributed by atoms with Crippen LogP contribution in [0.1, 0.15) is 5.56 Å². The first kappa shape index (κ1) is 17.0. The summed E-state index contributed by atoms with van der Waals surface area (Å²) in [7, 11) is 1.78. The number of amides is 1. The molecule has 3 aromatic rings. The summed E-state index contributed by atoms with van der Waals surface area (Å²) in [5.41, 5.74) is 1.86. The first-order valence-electron chi connectivity index (χ1n) is 7.66. The molecule has 128 valence electrons. The number of carbonyl (C=O) groups excluding carboxylic acids is 1. The van der Waals surface area contributed by atoms with Crippen LogP contribution in [0.2, 0.25) is 0 Å². The van der Waals surface area contributed by atoms with Crippen LogP contribution in [0.4, 0.5) is 0 Å². The van der Waals surface area contributed by atoms with E-state index in [1.807, 2.05) is 36.4 Å². The van der Waals surface area contributed by atoms with Crippen LogP contribution in [-0.2, 0) is 11.3 Å². The van der Waals surface area contributed by atoms with Crippen LogP contribution in [0.5, 0.6) is 0 Å². The van der Waals surface area contributed by atoms with E-state index >= 15 is 0 Å². The Labute approximate surface area is 149 Å². The molecule has 3 rings (SSSR count). The van der Waals surface area contributed by atoms with Gasteiger partial charge in [-0.15, -0.1) is 10.2 Å². The second-order valence-corrected chi connectivity index (χ2v) is 6.38. The minimum absolute atomic E-state index is 0.000203. The maximum absolute atomic E-state index is 12.3. The van der Waals surface area contributed by atoms with Crippen molar-refractivity contribution in [1.82, 2.24) is 24.8 Å². The van der Waals surface area contributed by atoms with Crippen molar-refractivity contribution in [3.05, 3.63) is 60.4 Å². The SMILES string of the molecule is CN(Cc1ccccc1)C(=O)CSc1nnc(-c2cccnc2)n1N. The van der Waals surface area contributed by atoms with Gasteiger partial charge in [0.2, 0.25) is 11.1 Å². The van der Waals surface area contributed by atoms with Gasteiger partial charge < -0.3 is 10.7 Å². The van der Waals surface area contributed by atoms with Crippen molar-refractivity contribution in [1.29, 1.82) is 0 Å². The highest BCUT2D eigenvalue weighted by Crippen LogP contribution is 2.21. The van der Waals surface area contributed by atoms with E-state index in [0.29, 0.717) is 17.5 Å². The fraction of sp³-hybridized carbons (Fsp3) is 0.176. The summed E-state index contributed by atoms with van der Waals surface area (Å²) in [6, 6.07) is 13.5. The zero-order valence-corrected chi connectivity index (χ0v) is 14.6. The third-order valence-corrected chi connectivity index (χ3v) is 4.53. The Morgan fingerprint density at radius 1 is 1.20 bits per heavy atom. The number of nitrogen functional groups attached to an aromatic ring is 1. The molecule has 0 saturated heterocycles. The summed E-state index contributed by atoms with van der Waals surface area (Å²) in [5, 5.41) is 8.62. The van der Waals surface area contributed by atoms with Gasteiger partial charge in [0, 0.05) is 31.5 Å². The van der Waals surface area contributed by atoms with Gasteiger partial charge in [-0.25, -0.2) is 4.68 Å². The second-order valence-electron chi connectivity index (χ2n) is 5.44. The number of nitrogens with two attached hydrogens (primary N) is 1. The van der Waals surface area contributed by atoms with Gasteiger partial charge in [0.05, 0.1) is 5.75 Å². The number of benzene rings is 1. The molecule has 0 aliphatic rings. The molecule has 1 amide bonds. The number of rotatable bonds is 6. The Balaban J connectivity index is 1.60. The van der Waals surface area contributed by atoms with Crippen LogP contribution in [0.3, 0.4) is 0 Å². The highest BCUT2D eigenvalue weighted by atomic mass is 32.2. The van der Waals surface area contributed by atoms with Crippen LogP contribution in [0.15, 0.2) is 60.0 Å². The van der Waals surface area contributed by atoms with Crippen molar-refractivity contribution in [3.8, 4) is 11.4 Å². The molecule has 0 fully saturated rings. The molecule has 0 unspecified atom stereocenters. The average molecular weight is 354 g/mol. The van der Waals surface area contributed by atoms with Gasteiger partial charge in [0.25, 0.3) is 0 Å². The minimum Gasteiger partial charge on any atom is -0.341 e. The van der Waals surface area contributed by atoms with E-state index in [1.165, 1.54) is 16.4 Å². The highest BCUT2D eigenvalue weighted by Gasteiger charge is 2.15. The lowest BCUT2D eigenvalue weighted by molar-refractivity contribution is -0.127. The summed E-state index contributed by atoms with van der Waals surface area (Å²) in [6.07, 6.45) is 3.35. The van der Waals surface area contributed by atoms with Gasteiger partial charge in [-0.2, -0.15) is 0 Å². The lowest BCUT2D eigenvalue weighted by atomic mass is 10.2. The van der Waals surface area contributed by atoms with Gasteiger partial charge >= 0.3 is 0 Å². The molecule has 0 aliphatic carbocycles. The van der Waals surface area contributed by atoms with E-state index in [4.69, 9.17) is 5.84 Å². The van der Waals surface area contributed by atoms with Crippen LogP contribution in [0, 0.1) is 0 Å². The second kappa shape index (κ2) is 7.80. The van der Waals surface area contributed by atoms with Crippen molar-refractivity contribution in [2.45, 2.75) is 11.7 Å². The molecule has 8 heteroatoms. The van der Waals surface area contributed by atoms with Crippen molar-refractivity contribution in [3.63, 3.8) is 0 Å². The molecule has 0 bridgehead atoms. The molecule has 2 aromatic heterocycles. The quantitative estimate of drug-likeness (QED) is 0.536. The fourth-order valence-electron chi connectivity index (χ4n) is 2.25. The molecule has 0 saturated carbocycles. The minimum atomic E-state index is -0.000203. The third-order valence-electron chi connectivity index (χ3n) is 3.60. The molecule has 25 heavy (non-hydrogen) atoms. The number of nitrogens with zero attached hydrogens (tertiary/aromatic N) is 5. The monoisotopic (exact) mass is 354 g/mol. The van der Waals surface area contributed by atoms with Gasteiger partial charge in [-0.3, -0.25) is 9.78 Å². The fourth-order valence-corrected chi connectivity index (χ4v) is 3.05. The van der Waals surface area contributed by atoms with Crippen molar-refractivity contribution in [2.75, 3.05) is 18.6 Å². The maximum atomic E-state index is 12.3. The molecule has 0 aliphatic heterocycles. The lowest BCUT2D eigenvalue weighted by Crippen LogP contribution is -2.28.